The van der Waals surface area contributed by atoms with E-state index in [1.54, 1.807) is 0 Å². The molecule has 0 amide bonds. The van der Waals surface area contributed by atoms with Crippen molar-refractivity contribution in [3.05, 3.63) is 222 Å². The molecule has 0 spiro atoms. The largest absolute Gasteiger partial charge is 0.313 e. The number of allylic oxidation sites excluding steroid dienone is 4. The lowest BCUT2D eigenvalue weighted by Gasteiger charge is -2.28. The Morgan fingerprint density at radius 1 is 0.464 bits per heavy atom. The molecule has 56 heavy (non-hydrogen) atoms. The van der Waals surface area contributed by atoms with Gasteiger partial charge in [0, 0.05) is 22.7 Å². The molecular weight excluding hydrogens is 675 g/mol. The molecule has 266 valence electrons. The normalized spacial score (nSPS) is 16.1. The molecule has 11 rings (SSSR count). The Balaban J connectivity index is 1.11. The maximum absolute atomic E-state index is 2.58. The molecule has 1 heteroatoms. The summed E-state index contributed by atoms with van der Waals surface area (Å²) in [6.45, 7) is 4.84. The van der Waals surface area contributed by atoms with Gasteiger partial charge in [-0.25, -0.2) is 0 Å². The summed E-state index contributed by atoms with van der Waals surface area (Å²) in [7, 11) is 0. The van der Waals surface area contributed by atoms with E-state index in [0.717, 1.165) is 6.42 Å². The Labute approximate surface area is 329 Å². The molecule has 1 aliphatic heterocycles. The van der Waals surface area contributed by atoms with Crippen molar-refractivity contribution in [3.8, 4) is 44.5 Å². The van der Waals surface area contributed by atoms with Gasteiger partial charge in [-0.1, -0.05) is 166 Å². The van der Waals surface area contributed by atoms with Gasteiger partial charge in [-0.2, -0.15) is 0 Å². The smallest absolute Gasteiger partial charge is 0.0501 e. The zero-order chi connectivity index (χ0) is 37.4. The van der Waals surface area contributed by atoms with E-state index in [-0.39, 0.29) is 11.3 Å². The molecule has 1 nitrogen and oxygen atoms in total. The fraction of sp³-hybridized carbons (Fsp3) is 0.0909. The molecule has 0 saturated carbocycles. The van der Waals surface area contributed by atoms with Crippen LogP contribution in [0.1, 0.15) is 48.4 Å². The maximum Gasteiger partial charge on any atom is 0.0501 e. The Morgan fingerprint density at radius 3 is 1.80 bits per heavy atom. The minimum Gasteiger partial charge on any atom is -0.313 e. The summed E-state index contributed by atoms with van der Waals surface area (Å²) in [4.78, 5) is 2.58. The van der Waals surface area contributed by atoms with Crippen molar-refractivity contribution in [2.45, 2.75) is 31.6 Å². The van der Waals surface area contributed by atoms with Gasteiger partial charge in [0.2, 0.25) is 0 Å². The quantitative estimate of drug-likeness (QED) is 0.171. The third-order valence-corrected chi connectivity index (χ3v) is 12.6. The topological polar surface area (TPSA) is 3.24 Å². The average Bonchev–Trinajstić information content (AvgIpc) is 3.70. The summed E-state index contributed by atoms with van der Waals surface area (Å²) < 4.78 is 0. The Morgan fingerprint density at radius 2 is 1.09 bits per heavy atom. The molecule has 0 saturated heterocycles. The molecule has 0 N–H and O–H groups in total. The highest BCUT2D eigenvalue weighted by Gasteiger charge is 2.42. The van der Waals surface area contributed by atoms with E-state index in [0.29, 0.717) is 0 Å². The Bertz CT molecular complexity index is 2830. The molecule has 8 aromatic carbocycles. The molecule has 8 aromatic rings. The Kier molecular flexibility index (Phi) is 7.41. The monoisotopic (exact) mass is 715 g/mol. The van der Waals surface area contributed by atoms with Gasteiger partial charge in [0.1, 0.15) is 0 Å². The van der Waals surface area contributed by atoms with Gasteiger partial charge in [-0.05, 0) is 132 Å². The molecule has 0 fully saturated rings. The zero-order valence-electron chi connectivity index (χ0n) is 31.7. The van der Waals surface area contributed by atoms with E-state index in [1.165, 1.54) is 100 Å². The zero-order valence-corrected chi connectivity index (χ0v) is 31.7. The molecule has 0 radical (unpaired) electrons. The number of rotatable bonds is 5. The summed E-state index contributed by atoms with van der Waals surface area (Å²) in [6, 6.07) is 67.4. The van der Waals surface area contributed by atoms with Crippen LogP contribution in [0, 0.1) is 0 Å². The van der Waals surface area contributed by atoms with Crippen LogP contribution in [0.3, 0.4) is 0 Å². The second-order valence-corrected chi connectivity index (χ2v) is 16.1. The van der Waals surface area contributed by atoms with Crippen LogP contribution >= 0.6 is 0 Å². The summed E-state index contributed by atoms with van der Waals surface area (Å²) >= 11 is 0. The van der Waals surface area contributed by atoms with Crippen molar-refractivity contribution in [3.63, 3.8) is 0 Å². The second kappa shape index (κ2) is 12.7. The third-order valence-electron chi connectivity index (χ3n) is 12.6. The van der Waals surface area contributed by atoms with Crippen molar-refractivity contribution in [1.29, 1.82) is 0 Å². The van der Waals surface area contributed by atoms with Gasteiger partial charge in [-0.15, -0.1) is 0 Å². The van der Waals surface area contributed by atoms with Crippen LogP contribution in [-0.2, 0) is 5.41 Å². The Hall–Kier alpha value is -6.70. The van der Waals surface area contributed by atoms with Gasteiger partial charge < -0.3 is 4.90 Å². The highest BCUT2D eigenvalue weighted by Crippen LogP contribution is 2.59. The van der Waals surface area contributed by atoms with Crippen LogP contribution in [0.15, 0.2) is 200 Å². The first-order chi connectivity index (χ1) is 27.5. The van der Waals surface area contributed by atoms with Crippen LogP contribution in [-0.4, -0.2) is 0 Å². The minimum atomic E-state index is -0.178. The first kappa shape index (κ1) is 32.7. The fourth-order valence-corrected chi connectivity index (χ4v) is 9.73. The van der Waals surface area contributed by atoms with Crippen molar-refractivity contribution in [2.24, 2.45) is 0 Å². The molecule has 1 atom stereocenters. The predicted molar refractivity (Wildman–Crippen MR) is 236 cm³/mol. The molecular formula is C55H41N. The maximum atomic E-state index is 2.58. The van der Waals surface area contributed by atoms with Gasteiger partial charge in [0.15, 0.2) is 0 Å². The standard InChI is InChI=1S/C55H41N/c1-55(2)51-33-41(46-24-14-22-39-21-12-13-23-45(39)46)25-27-47(51)48-34-50-49-32-40(36-15-6-3-7-16-36)26-28-53(49)56(54(50)35-52(48)55)44-30-42(37-17-8-4-9-18-37)29-43(31-44)38-19-10-5-11-20-38/h3-31,33-35,49H,32H2,1-2H3. The van der Waals surface area contributed by atoms with Crippen molar-refractivity contribution in [2.75, 3.05) is 4.90 Å². The SMILES string of the molecule is CC1(C)c2cc(-c3cccc4ccccc34)ccc2-c2cc3c(cc21)N(c1cc(-c2ccccc2)cc(-c2ccccc2)c1)C1=CC=C(c2ccccc2)CC13. The summed E-state index contributed by atoms with van der Waals surface area (Å²) in [5.41, 5.74) is 20.7. The molecule has 3 aliphatic rings. The average molecular weight is 716 g/mol. The van der Waals surface area contributed by atoms with Crippen LogP contribution in [0.4, 0.5) is 11.4 Å². The van der Waals surface area contributed by atoms with Crippen LogP contribution < -0.4 is 4.90 Å². The number of benzene rings is 8. The van der Waals surface area contributed by atoms with E-state index < -0.39 is 0 Å². The number of hydrogen-bond donors (Lipinski definition) is 0. The third kappa shape index (κ3) is 5.15. The van der Waals surface area contributed by atoms with Gasteiger partial charge >= 0.3 is 0 Å². The van der Waals surface area contributed by atoms with Crippen LogP contribution in [0.25, 0.3) is 60.9 Å². The molecule has 2 aliphatic carbocycles. The fourth-order valence-electron chi connectivity index (χ4n) is 9.73. The molecule has 0 aromatic heterocycles. The number of anilines is 2. The second-order valence-electron chi connectivity index (χ2n) is 16.1. The van der Waals surface area contributed by atoms with E-state index in [1.807, 2.05) is 0 Å². The van der Waals surface area contributed by atoms with E-state index in [2.05, 4.69) is 213 Å². The number of hydrogen-bond acceptors (Lipinski definition) is 1. The first-order valence-electron chi connectivity index (χ1n) is 19.8. The van der Waals surface area contributed by atoms with E-state index in [4.69, 9.17) is 0 Å². The number of fused-ring (bicyclic) bond motifs is 7. The van der Waals surface area contributed by atoms with Crippen molar-refractivity contribution < 1.29 is 0 Å². The summed E-state index contributed by atoms with van der Waals surface area (Å²) in [6.07, 6.45) is 5.72. The lowest BCUT2D eigenvalue weighted by atomic mass is 9.80. The first-order valence-corrected chi connectivity index (χ1v) is 19.8. The van der Waals surface area contributed by atoms with Gasteiger partial charge in [0.05, 0.1) is 5.69 Å². The molecule has 0 bridgehead atoms. The predicted octanol–water partition coefficient (Wildman–Crippen LogP) is 14.8. The molecule has 1 heterocycles. The summed E-state index contributed by atoms with van der Waals surface area (Å²) in [5.74, 6) is 0.234. The highest BCUT2D eigenvalue weighted by molar-refractivity contribution is 5.98. The number of nitrogens with zero attached hydrogens (tertiary/aromatic N) is 1. The van der Waals surface area contributed by atoms with Gasteiger partial charge in [0.25, 0.3) is 0 Å². The lowest BCUT2D eigenvalue weighted by molar-refractivity contribution is 0.660. The van der Waals surface area contributed by atoms with E-state index >= 15 is 0 Å². The van der Waals surface area contributed by atoms with Crippen molar-refractivity contribution in [1.82, 2.24) is 0 Å². The highest BCUT2D eigenvalue weighted by atomic mass is 15.2. The van der Waals surface area contributed by atoms with Crippen molar-refractivity contribution >= 4 is 27.7 Å². The molecule has 1 unspecified atom stereocenters. The van der Waals surface area contributed by atoms with Crippen LogP contribution in [0.2, 0.25) is 0 Å². The van der Waals surface area contributed by atoms with Gasteiger partial charge in [-0.3, -0.25) is 0 Å². The van der Waals surface area contributed by atoms with E-state index in [9.17, 15) is 0 Å². The van der Waals surface area contributed by atoms with Crippen LogP contribution in [0.5, 0.6) is 0 Å². The lowest BCUT2D eigenvalue weighted by Crippen LogP contribution is -2.17. The summed E-state index contributed by atoms with van der Waals surface area (Å²) in [5, 5.41) is 2.57. The minimum absolute atomic E-state index is 0.178.